The number of amides is 2. The smallest absolute Gasteiger partial charge is 0.342 e. The Morgan fingerprint density at radius 3 is 2.38 bits per heavy atom. The molecule has 0 bridgehead atoms. The Morgan fingerprint density at radius 2 is 1.69 bits per heavy atom. The van der Waals surface area contributed by atoms with Gasteiger partial charge in [0.1, 0.15) is 6.54 Å². The molecule has 150 valence electrons. The van der Waals surface area contributed by atoms with Crippen molar-refractivity contribution >= 4 is 29.2 Å². The van der Waals surface area contributed by atoms with Crippen LogP contribution in [0.1, 0.15) is 35.3 Å². The van der Waals surface area contributed by atoms with E-state index in [0.29, 0.717) is 29.9 Å². The lowest BCUT2D eigenvalue weighted by Gasteiger charge is -2.23. The molecule has 0 saturated carbocycles. The Labute approximate surface area is 169 Å². The first-order valence-electron chi connectivity index (χ1n) is 9.51. The molecule has 2 amide bonds. The number of benzene rings is 2. The summed E-state index contributed by atoms with van der Waals surface area (Å²) in [6.45, 7) is 6.60. The summed E-state index contributed by atoms with van der Waals surface area (Å²) in [4.78, 5) is 45.9. The number of carbonyl (C=O) groups is 3. The van der Waals surface area contributed by atoms with Gasteiger partial charge in [-0.15, -0.1) is 0 Å². The molecule has 0 aromatic heterocycles. The number of anilines is 1. The molecule has 7 nitrogen and oxygen atoms in total. The molecule has 0 atom stereocenters. The van der Waals surface area contributed by atoms with Crippen LogP contribution >= 0.6 is 0 Å². The number of aryl methyl sites for hydroxylation is 1. The Balaban J connectivity index is 1.86. The van der Waals surface area contributed by atoms with Gasteiger partial charge in [-0.1, -0.05) is 41.6 Å². The number of fused-ring (bicyclic) bond motifs is 1. The van der Waals surface area contributed by atoms with Gasteiger partial charge >= 0.3 is 5.97 Å². The van der Waals surface area contributed by atoms with Gasteiger partial charge in [0, 0.05) is 18.7 Å². The summed E-state index contributed by atoms with van der Waals surface area (Å²) in [6, 6.07) is 14.0. The van der Waals surface area contributed by atoms with Crippen LogP contribution < -0.4 is 4.90 Å². The summed E-state index contributed by atoms with van der Waals surface area (Å²) >= 11 is 0. The zero-order chi connectivity index (χ0) is 21.0. The van der Waals surface area contributed by atoms with Gasteiger partial charge < -0.3 is 9.74 Å². The fraction of sp³-hybridized carbons (Fsp3) is 0.273. The maximum atomic E-state index is 12.9. The van der Waals surface area contributed by atoms with Gasteiger partial charge in [0.05, 0.1) is 11.3 Å². The highest BCUT2D eigenvalue weighted by Gasteiger charge is 2.36. The number of para-hydroxylation sites is 1. The molecule has 1 aliphatic rings. The van der Waals surface area contributed by atoms with Gasteiger partial charge in [0.15, 0.2) is 5.71 Å². The van der Waals surface area contributed by atoms with Crippen molar-refractivity contribution in [2.45, 2.75) is 20.8 Å². The van der Waals surface area contributed by atoms with E-state index in [1.165, 1.54) is 4.90 Å². The number of nitrogens with zero attached hydrogens (tertiary/aromatic N) is 3. The standard InChI is InChI=1S/C22H23N3O4/c1-4-24(5-2)19(26)14-25-18-13-9-8-12-17(18)20(21(25)27)23-29-22(28)16-11-7-6-10-15(16)3/h6-13H,4-5,14H2,1-3H3/b23-20+. The lowest BCUT2D eigenvalue weighted by atomic mass is 10.1. The van der Waals surface area contributed by atoms with E-state index in [2.05, 4.69) is 5.16 Å². The van der Waals surface area contributed by atoms with Gasteiger partial charge in [-0.2, -0.15) is 0 Å². The predicted octanol–water partition coefficient (Wildman–Crippen LogP) is 2.77. The molecule has 0 aliphatic carbocycles. The van der Waals surface area contributed by atoms with Crippen LogP contribution in [0.25, 0.3) is 0 Å². The molecule has 0 saturated heterocycles. The van der Waals surface area contributed by atoms with Gasteiger partial charge in [-0.05, 0) is 38.5 Å². The second-order valence-electron chi connectivity index (χ2n) is 6.61. The van der Waals surface area contributed by atoms with E-state index >= 15 is 0 Å². The second kappa shape index (κ2) is 8.68. The van der Waals surface area contributed by atoms with Crippen molar-refractivity contribution in [3.05, 3.63) is 65.2 Å². The Morgan fingerprint density at radius 1 is 1.03 bits per heavy atom. The van der Waals surface area contributed by atoms with E-state index < -0.39 is 11.9 Å². The normalized spacial score (nSPS) is 14.1. The maximum Gasteiger partial charge on any atom is 0.366 e. The van der Waals surface area contributed by atoms with Gasteiger partial charge in [0.25, 0.3) is 5.91 Å². The lowest BCUT2D eigenvalue weighted by Crippen LogP contribution is -2.42. The fourth-order valence-electron chi connectivity index (χ4n) is 3.26. The van der Waals surface area contributed by atoms with Crippen molar-refractivity contribution in [3.63, 3.8) is 0 Å². The Hall–Kier alpha value is -3.48. The molecule has 1 heterocycles. The summed E-state index contributed by atoms with van der Waals surface area (Å²) in [5.41, 5.74) is 2.24. The molecule has 0 N–H and O–H groups in total. The maximum absolute atomic E-state index is 12.9. The molecule has 3 rings (SSSR count). The number of hydrogen-bond acceptors (Lipinski definition) is 5. The third-order valence-electron chi connectivity index (χ3n) is 4.89. The summed E-state index contributed by atoms with van der Waals surface area (Å²) < 4.78 is 0. The second-order valence-corrected chi connectivity index (χ2v) is 6.61. The molecule has 1 aliphatic heterocycles. The molecule has 0 unspecified atom stereocenters. The van der Waals surface area contributed by atoms with E-state index in [1.807, 2.05) is 19.9 Å². The molecule has 0 radical (unpaired) electrons. The summed E-state index contributed by atoms with van der Waals surface area (Å²) in [5, 5.41) is 3.86. The summed E-state index contributed by atoms with van der Waals surface area (Å²) in [5.74, 6) is -1.26. The zero-order valence-electron chi connectivity index (χ0n) is 16.7. The first kappa shape index (κ1) is 20.3. The minimum absolute atomic E-state index is 0.00915. The van der Waals surface area contributed by atoms with E-state index in [0.717, 1.165) is 5.56 Å². The van der Waals surface area contributed by atoms with Crippen molar-refractivity contribution in [1.82, 2.24) is 4.90 Å². The van der Waals surface area contributed by atoms with Crippen LogP contribution in [0.5, 0.6) is 0 Å². The topological polar surface area (TPSA) is 79.3 Å². The molecule has 0 fully saturated rings. The first-order chi connectivity index (χ1) is 14.0. The van der Waals surface area contributed by atoms with Crippen LogP contribution in [0.2, 0.25) is 0 Å². The number of hydrogen-bond donors (Lipinski definition) is 0. The van der Waals surface area contributed by atoms with Crippen LogP contribution in [0.15, 0.2) is 53.7 Å². The molecule has 29 heavy (non-hydrogen) atoms. The number of oxime groups is 1. The Kier molecular flexibility index (Phi) is 6.07. The molecule has 2 aromatic rings. The van der Waals surface area contributed by atoms with Crippen molar-refractivity contribution in [2.75, 3.05) is 24.5 Å². The average molecular weight is 393 g/mol. The lowest BCUT2D eigenvalue weighted by molar-refractivity contribution is -0.130. The first-order valence-corrected chi connectivity index (χ1v) is 9.51. The highest BCUT2D eigenvalue weighted by Crippen LogP contribution is 2.29. The third kappa shape index (κ3) is 4.03. The number of carbonyl (C=O) groups excluding carboxylic acids is 3. The van der Waals surface area contributed by atoms with E-state index in [9.17, 15) is 14.4 Å². The van der Waals surface area contributed by atoms with Gasteiger partial charge in [-0.3, -0.25) is 14.5 Å². The largest absolute Gasteiger partial charge is 0.366 e. The third-order valence-corrected chi connectivity index (χ3v) is 4.89. The van der Waals surface area contributed by atoms with Crippen molar-refractivity contribution in [3.8, 4) is 0 Å². The van der Waals surface area contributed by atoms with Crippen LogP contribution in [0.4, 0.5) is 5.69 Å². The molecule has 0 spiro atoms. The molecular weight excluding hydrogens is 370 g/mol. The Bertz CT molecular complexity index is 980. The van der Waals surface area contributed by atoms with Crippen molar-refractivity contribution in [1.29, 1.82) is 0 Å². The van der Waals surface area contributed by atoms with E-state index in [1.54, 1.807) is 54.3 Å². The van der Waals surface area contributed by atoms with E-state index in [-0.39, 0.29) is 18.2 Å². The SMILES string of the molecule is CCN(CC)C(=O)CN1C(=O)/C(=N/OC(=O)c2ccccc2C)c2ccccc21. The summed E-state index contributed by atoms with van der Waals surface area (Å²) in [6.07, 6.45) is 0. The predicted molar refractivity (Wildman–Crippen MR) is 110 cm³/mol. The highest BCUT2D eigenvalue weighted by atomic mass is 16.7. The molecular formula is C22H23N3O4. The van der Waals surface area contributed by atoms with Crippen molar-refractivity contribution < 1.29 is 19.2 Å². The number of rotatable bonds is 6. The highest BCUT2D eigenvalue weighted by molar-refractivity contribution is 6.54. The van der Waals surface area contributed by atoms with Crippen LogP contribution in [-0.2, 0) is 14.4 Å². The fourth-order valence-corrected chi connectivity index (χ4v) is 3.26. The van der Waals surface area contributed by atoms with Gasteiger partial charge in [0.2, 0.25) is 5.91 Å². The van der Waals surface area contributed by atoms with Crippen LogP contribution in [-0.4, -0.2) is 48.0 Å². The molecule has 2 aromatic carbocycles. The van der Waals surface area contributed by atoms with Gasteiger partial charge in [-0.25, -0.2) is 4.79 Å². The zero-order valence-corrected chi connectivity index (χ0v) is 16.7. The number of likely N-dealkylation sites (N-methyl/N-ethyl adjacent to an activating group) is 1. The van der Waals surface area contributed by atoms with Crippen molar-refractivity contribution in [2.24, 2.45) is 5.16 Å². The van der Waals surface area contributed by atoms with Crippen LogP contribution in [0.3, 0.4) is 0 Å². The average Bonchev–Trinajstić information content (AvgIpc) is 2.99. The monoisotopic (exact) mass is 393 g/mol. The van der Waals surface area contributed by atoms with Crippen LogP contribution in [0, 0.1) is 6.92 Å². The summed E-state index contributed by atoms with van der Waals surface area (Å²) in [7, 11) is 0. The quantitative estimate of drug-likeness (QED) is 0.558. The minimum Gasteiger partial charge on any atom is -0.342 e. The van der Waals surface area contributed by atoms with E-state index in [4.69, 9.17) is 4.84 Å². The minimum atomic E-state index is -0.640. The molecule has 7 heteroatoms.